The number of hydrogen-bond acceptors (Lipinski definition) is 3. The number of fused-ring (bicyclic) bond motifs is 3. The fourth-order valence-electron chi connectivity index (χ4n) is 2.11. The third-order valence-corrected chi connectivity index (χ3v) is 2.94. The average molecular weight is 213 g/mol. The van der Waals surface area contributed by atoms with Crippen LogP contribution in [0.2, 0.25) is 0 Å². The number of rotatable bonds is 0. The van der Waals surface area contributed by atoms with Crippen LogP contribution in [-0.4, -0.2) is 21.3 Å². The lowest BCUT2D eigenvalue weighted by Gasteiger charge is -2.22. The molecule has 0 spiro atoms. The van der Waals surface area contributed by atoms with Crippen molar-refractivity contribution >= 4 is 16.8 Å². The number of aliphatic hydroxyl groups excluding tert-OH is 2. The molecule has 2 unspecified atom stereocenters. The predicted octanol–water partition coefficient (Wildman–Crippen LogP) is 1.66. The van der Waals surface area contributed by atoms with Crippen molar-refractivity contribution < 1.29 is 10.2 Å². The highest BCUT2D eigenvalue weighted by Gasteiger charge is 2.24. The highest BCUT2D eigenvalue weighted by molar-refractivity contribution is 5.88. The fourth-order valence-corrected chi connectivity index (χ4v) is 2.11. The summed E-state index contributed by atoms with van der Waals surface area (Å²) in [5.74, 6) is 0. The van der Waals surface area contributed by atoms with Gasteiger partial charge in [-0.25, -0.2) is 0 Å². The molecule has 0 fully saturated rings. The van der Waals surface area contributed by atoms with Crippen LogP contribution >= 0.6 is 0 Å². The second-order valence-corrected chi connectivity index (χ2v) is 3.94. The summed E-state index contributed by atoms with van der Waals surface area (Å²) in [7, 11) is 0. The van der Waals surface area contributed by atoms with Crippen molar-refractivity contribution in [1.82, 2.24) is 4.98 Å². The minimum Gasteiger partial charge on any atom is -0.386 e. The van der Waals surface area contributed by atoms with Gasteiger partial charge in [0.2, 0.25) is 0 Å². The van der Waals surface area contributed by atoms with Gasteiger partial charge in [-0.3, -0.25) is 4.98 Å². The molecule has 0 bridgehead atoms. The van der Waals surface area contributed by atoms with Crippen LogP contribution in [0.5, 0.6) is 0 Å². The molecule has 3 nitrogen and oxygen atoms in total. The summed E-state index contributed by atoms with van der Waals surface area (Å²) in [6, 6.07) is 7.73. The number of hydrogen-bond donors (Lipinski definition) is 2. The van der Waals surface area contributed by atoms with Crippen LogP contribution in [-0.2, 0) is 0 Å². The smallest absolute Gasteiger partial charge is 0.111 e. The van der Waals surface area contributed by atoms with E-state index in [9.17, 15) is 10.2 Å². The zero-order chi connectivity index (χ0) is 11.1. The van der Waals surface area contributed by atoms with E-state index < -0.39 is 12.2 Å². The third-order valence-electron chi connectivity index (χ3n) is 2.94. The first kappa shape index (κ1) is 9.51. The van der Waals surface area contributed by atoms with Gasteiger partial charge in [-0.1, -0.05) is 30.3 Å². The highest BCUT2D eigenvalue weighted by atomic mass is 16.3. The van der Waals surface area contributed by atoms with E-state index in [1.54, 1.807) is 18.3 Å². The van der Waals surface area contributed by atoms with Crippen molar-refractivity contribution in [3.63, 3.8) is 0 Å². The van der Waals surface area contributed by atoms with E-state index in [0.29, 0.717) is 5.56 Å². The summed E-state index contributed by atoms with van der Waals surface area (Å²) in [5.41, 5.74) is 1.45. The third kappa shape index (κ3) is 1.26. The first-order chi connectivity index (χ1) is 7.77. The molecule has 16 heavy (non-hydrogen) atoms. The average Bonchev–Trinajstić information content (AvgIpc) is 2.33. The van der Waals surface area contributed by atoms with Gasteiger partial charge < -0.3 is 10.2 Å². The van der Waals surface area contributed by atoms with Crippen molar-refractivity contribution in [2.45, 2.75) is 12.2 Å². The lowest BCUT2D eigenvalue weighted by atomic mass is 9.92. The molecule has 0 saturated heterocycles. The van der Waals surface area contributed by atoms with Crippen molar-refractivity contribution in [2.75, 3.05) is 0 Å². The summed E-state index contributed by atoms with van der Waals surface area (Å²) in [5, 5.41) is 21.5. The largest absolute Gasteiger partial charge is 0.386 e. The Morgan fingerprint density at radius 2 is 1.94 bits per heavy atom. The molecule has 0 saturated carbocycles. The molecule has 3 rings (SSSR count). The first-order valence-corrected chi connectivity index (χ1v) is 5.19. The number of nitrogens with zero attached hydrogens (tertiary/aromatic N) is 1. The Morgan fingerprint density at radius 3 is 2.81 bits per heavy atom. The minimum atomic E-state index is -0.890. The number of pyridine rings is 1. The van der Waals surface area contributed by atoms with Gasteiger partial charge in [-0.15, -0.1) is 0 Å². The SMILES string of the molecule is OC1C=Cc2ncc3ccccc3c2C1O. The maximum absolute atomic E-state index is 9.99. The van der Waals surface area contributed by atoms with Gasteiger partial charge in [-0.05, 0) is 11.5 Å². The van der Waals surface area contributed by atoms with Crippen molar-refractivity contribution in [1.29, 1.82) is 0 Å². The van der Waals surface area contributed by atoms with E-state index in [1.807, 2.05) is 24.3 Å². The highest BCUT2D eigenvalue weighted by Crippen LogP contribution is 2.32. The normalized spacial score (nSPS) is 23.4. The Hall–Kier alpha value is -1.71. The van der Waals surface area contributed by atoms with Gasteiger partial charge >= 0.3 is 0 Å². The second kappa shape index (κ2) is 3.40. The van der Waals surface area contributed by atoms with Crippen LogP contribution in [0.1, 0.15) is 17.4 Å². The van der Waals surface area contributed by atoms with Gasteiger partial charge in [0.1, 0.15) is 12.2 Å². The van der Waals surface area contributed by atoms with E-state index >= 15 is 0 Å². The van der Waals surface area contributed by atoms with Crippen molar-refractivity contribution in [2.24, 2.45) is 0 Å². The molecular formula is C13H11NO2. The van der Waals surface area contributed by atoms with Crippen LogP contribution in [0.25, 0.3) is 16.8 Å². The van der Waals surface area contributed by atoms with E-state index in [2.05, 4.69) is 4.98 Å². The van der Waals surface area contributed by atoms with Gasteiger partial charge in [-0.2, -0.15) is 0 Å². The molecule has 2 N–H and O–H groups in total. The lowest BCUT2D eigenvalue weighted by molar-refractivity contribution is 0.0477. The Balaban J connectivity index is 2.37. The lowest BCUT2D eigenvalue weighted by Crippen LogP contribution is -2.20. The monoisotopic (exact) mass is 213 g/mol. The van der Waals surface area contributed by atoms with E-state index in [0.717, 1.165) is 16.5 Å². The second-order valence-electron chi connectivity index (χ2n) is 3.94. The summed E-state index contributed by atoms with van der Waals surface area (Å²) in [4.78, 5) is 4.27. The maximum atomic E-state index is 9.99. The van der Waals surface area contributed by atoms with E-state index in [1.165, 1.54) is 0 Å². The van der Waals surface area contributed by atoms with Crippen LogP contribution in [0.15, 0.2) is 36.5 Å². The molecular weight excluding hydrogens is 202 g/mol. The predicted molar refractivity (Wildman–Crippen MR) is 61.7 cm³/mol. The van der Waals surface area contributed by atoms with Gasteiger partial charge in [0.25, 0.3) is 0 Å². The molecule has 80 valence electrons. The fraction of sp³-hybridized carbons (Fsp3) is 0.154. The summed E-state index contributed by atoms with van der Waals surface area (Å²) in [6.45, 7) is 0. The minimum absolute atomic E-state index is 0.716. The molecule has 0 amide bonds. The molecule has 0 radical (unpaired) electrons. The summed E-state index contributed by atoms with van der Waals surface area (Å²) in [6.07, 6.45) is 3.36. The van der Waals surface area contributed by atoms with Crippen LogP contribution in [0.4, 0.5) is 0 Å². The molecule has 1 heterocycles. The number of aromatic nitrogens is 1. The van der Waals surface area contributed by atoms with E-state index in [4.69, 9.17) is 0 Å². The Kier molecular flexibility index (Phi) is 2.02. The van der Waals surface area contributed by atoms with Crippen LogP contribution in [0, 0.1) is 0 Å². The molecule has 2 atom stereocenters. The first-order valence-electron chi connectivity index (χ1n) is 5.19. The summed E-state index contributed by atoms with van der Waals surface area (Å²) < 4.78 is 0. The Labute approximate surface area is 92.7 Å². The number of aliphatic hydroxyl groups is 2. The standard InChI is InChI=1S/C13H11NO2/c15-11-6-5-10-12(13(11)16)9-4-2-1-3-8(9)7-14-10/h1-7,11,13,15-16H. The maximum Gasteiger partial charge on any atom is 0.111 e. The molecule has 1 aliphatic rings. The molecule has 3 heteroatoms. The molecule has 1 aromatic carbocycles. The molecule has 2 aromatic rings. The topological polar surface area (TPSA) is 53.4 Å². The van der Waals surface area contributed by atoms with Crippen LogP contribution < -0.4 is 0 Å². The van der Waals surface area contributed by atoms with Gasteiger partial charge in [0.05, 0.1) is 5.69 Å². The molecule has 1 aliphatic carbocycles. The Bertz CT molecular complexity index is 577. The quantitative estimate of drug-likeness (QED) is 0.699. The van der Waals surface area contributed by atoms with Gasteiger partial charge in [0.15, 0.2) is 0 Å². The Morgan fingerprint density at radius 1 is 1.12 bits per heavy atom. The zero-order valence-electron chi connectivity index (χ0n) is 8.54. The van der Waals surface area contributed by atoms with E-state index in [-0.39, 0.29) is 0 Å². The zero-order valence-corrected chi connectivity index (χ0v) is 8.54. The van der Waals surface area contributed by atoms with Crippen molar-refractivity contribution in [3.8, 4) is 0 Å². The summed E-state index contributed by atoms with van der Waals surface area (Å²) >= 11 is 0. The number of benzene rings is 1. The van der Waals surface area contributed by atoms with Crippen molar-refractivity contribution in [3.05, 3.63) is 47.8 Å². The van der Waals surface area contributed by atoms with Crippen LogP contribution in [0.3, 0.4) is 0 Å². The van der Waals surface area contributed by atoms with Gasteiger partial charge in [0, 0.05) is 17.1 Å². The molecule has 1 aromatic heterocycles. The molecule has 0 aliphatic heterocycles.